The molecule has 0 spiro atoms. The molecule has 5 aromatic carbocycles. The van der Waals surface area contributed by atoms with E-state index in [4.69, 9.17) is 9.73 Å². The molecule has 55 heavy (non-hydrogen) atoms. The average molecular weight is 759 g/mol. The van der Waals surface area contributed by atoms with Crippen molar-refractivity contribution in [2.75, 3.05) is 51.8 Å². The minimum atomic E-state index is -1.28. The standard InChI is InChI=1S/C23H16O6.C16H18N4S.C4H8O/c24-20-16(14-7-3-1-5-12(14)9-18(20)22(26)27)11-17-15-8-4-2-6-13(15)10-19(21(17)25)23(28)29;1-19-7-9-20(10-8-19)15-12-6-11-21-16(12)18-14-5-3-2-4-13(14)17-15;1-2-4-5-3-1/h1-10,24-25H,11H2,(H,26,27)(H,28,29);2-6,11,18H,7-10H2,1H3;1-4H2. The summed E-state index contributed by atoms with van der Waals surface area (Å²) in [6.07, 6.45) is 2.51. The van der Waals surface area contributed by atoms with Crippen LogP contribution in [0.2, 0.25) is 0 Å². The quantitative estimate of drug-likeness (QED) is 0.119. The van der Waals surface area contributed by atoms with E-state index in [9.17, 15) is 30.0 Å². The van der Waals surface area contributed by atoms with Gasteiger partial charge in [-0.15, -0.1) is 11.3 Å². The Kier molecular flexibility index (Phi) is 11.3. The Hall–Kier alpha value is -5.95. The van der Waals surface area contributed by atoms with E-state index in [1.54, 1.807) is 59.9 Å². The number of anilines is 2. The lowest BCUT2D eigenvalue weighted by Crippen LogP contribution is -2.47. The lowest BCUT2D eigenvalue weighted by Gasteiger charge is -2.34. The summed E-state index contributed by atoms with van der Waals surface area (Å²) in [6.45, 7) is 6.25. The van der Waals surface area contributed by atoms with Crippen molar-refractivity contribution in [2.24, 2.45) is 4.99 Å². The number of aliphatic imine (C=N–C) groups is 1. The first-order valence-corrected chi connectivity index (χ1v) is 19.0. The second-order valence-corrected chi connectivity index (χ2v) is 14.5. The van der Waals surface area contributed by atoms with Crippen LogP contribution >= 0.6 is 11.3 Å². The summed E-state index contributed by atoms with van der Waals surface area (Å²) < 4.78 is 4.94. The molecule has 3 aliphatic heterocycles. The molecule has 6 aromatic rings. The number of phenols is 2. The molecule has 0 aliphatic carbocycles. The fourth-order valence-corrected chi connectivity index (χ4v) is 7.80. The molecule has 2 fully saturated rings. The highest BCUT2D eigenvalue weighted by Gasteiger charge is 2.25. The number of amidine groups is 1. The van der Waals surface area contributed by atoms with Gasteiger partial charge in [0.1, 0.15) is 33.5 Å². The Morgan fingerprint density at radius 3 is 1.85 bits per heavy atom. The molecule has 0 bridgehead atoms. The Morgan fingerprint density at radius 2 is 1.31 bits per heavy atom. The normalized spacial score (nSPS) is 15.0. The number of aromatic hydroxyl groups is 2. The maximum Gasteiger partial charge on any atom is 0.339 e. The summed E-state index contributed by atoms with van der Waals surface area (Å²) >= 11 is 1.74. The van der Waals surface area contributed by atoms with Crippen LogP contribution in [0.4, 0.5) is 16.4 Å². The molecule has 2 saturated heterocycles. The molecule has 0 atom stereocenters. The molecule has 9 rings (SSSR count). The second-order valence-electron chi connectivity index (χ2n) is 13.6. The number of rotatable bonds is 4. The van der Waals surface area contributed by atoms with Crippen LogP contribution in [0.1, 0.15) is 50.2 Å². The van der Waals surface area contributed by atoms with Gasteiger partial charge in [0.15, 0.2) is 0 Å². The number of carboxylic acid groups (broad SMARTS) is 2. The SMILES string of the molecule is C1CCOC1.CN1CCN(C2=Nc3ccccc3Nc3sccc32)CC1.O=C(O)c1cc2ccccc2c(Cc2c(O)c(C(=O)O)cc3ccccc23)c1O. The predicted octanol–water partition coefficient (Wildman–Crippen LogP) is 8.32. The maximum absolute atomic E-state index is 11.6. The zero-order valence-electron chi connectivity index (χ0n) is 30.4. The molecule has 1 aromatic heterocycles. The Balaban J connectivity index is 0.000000155. The summed E-state index contributed by atoms with van der Waals surface area (Å²) in [6, 6.07) is 27.2. The molecule has 0 saturated carbocycles. The first kappa shape index (κ1) is 37.4. The number of carboxylic acids is 2. The summed E-state index contributed by atoms with van der Waals surface area (Å²) in [5.74, 6) is -2.25. The number of benzene rings is 5. The number of para-hydroxylation sites is 2. The highest BCUT2D eigenvalue weighted by atomic mass is 32.1. The third kappa shape index (κ3) is 8.12. The number of nitrogens with one attached hydrogen (secondary N) is 1. The number of carbonyl (C=O) groups is 2. The van der Waals surface area contributed by atoms with Crippen molar-refractivity contribution in [3.8, 4) is 11.5 Å². The van der Waals surface area contributed by atoms with E-state index in [-0.39, 0.29) is 17.5 Å². The van der Waals surface area contributed by atoms with Crippen LogP contribution < -0.4 is 5.32 Å². The molecule has 3 aliphatic rings. The first-order valence-electron chi connectivity index (χ1n) is 18.2. The van der Waals surface area contributed by atoms with E-state index in [0.717, 1.165) is 56.6 Å². The van der Waals surface area contributed by atoms with Gasteiger partial charge in [-0.05, 0) is 77.1 Å². The molecule has 12 heteroatoms. The molecular formula is C43H42N4O7S. The van der Waals surface area contributed by atoms with Crippen molar-refractivity contribution in [3.63, 3.8) is 0 Å². The van der Waals surface area contributed by atoms with E-state index >= 15 is 0 Å². The van der Waals surface area contributed by atoms with Gasteiger partial charge < -0.3 is 40.3 Å². The fraction of sp³-hybridized carbons (Fsp3) is 0.233. The van der Waals surface area contributed by atoms with Gasteiger partial charge in [0, 0.05) is 56.9 Å². The minimum Gasteiger partial charge on any atom is -0.507 e. The van der Waals surface area contributed by atoms with Crippen molar-refractivity contribution >= 4 is 67.0 Å². The van der Waals surface area contributed by atoms with Gasteiger partial charge in [-0.25, -0.2) is 14.6 Å². The average Bonchev–Trinajstić information content (AvgIpc) is 3.91. The number of likely N-dealkylation sites (N-methyl/N-ethyl adjacent to an activating group) is 1. The number of hydrogen-bond acceptors (Lipinski definition) is 10. The van der Waals surface area contributed by atoms with Gasteiger partial charge in [-0.3, -0.25) is 0 Å². The van der Waals surface area contributed by atoms with Crippen LogP contribution in [-0.4, -0.2) is 94.4 Å². The van der Waals surface area contributed by atoms with Gasteiger partial charge in [0.05, 0.1) is 16.9 Å². The number of piperazine rings is 1. The van der Waals surface area contributed by atoms with Crippen molar-refractivity contribution in [1.82, 2.24) is 9.80 Å². The van der Waals surface area contributed by atoms with E-state index in [1.165, 1.54) is 35.5 Å². The molecule has 282 valence electrons. The summed E-state index contributed by atoms with van der Waals surface area (Å²) in [5, 5.41) is 49.7. The van der Waals surface area contributed by atoms with Crippen LogP contribution in [0.25, 0.3) is 21.5 Å². The van der Waals surface area contributed by atoms with Crippen molar-refractivity contribution in [3.05, 3.63) is 124 Å². The molecule has 11 nitrogen and oxygen atoms in total. The first-order chi connectivity index (χ1) is 26.7. The van der Waals surface area contributed by atoms with Gasteiger partial charge in [0.25, 0.3) is 0 Å². The second kappa shape index (κ2) is 16.6. The number of thiophene rings is 1. The van der Waals surface area contributed by atoms with Crippen LogP contribution in [0, 0.1) is 0 Å². The predicted molar refractivity (Wildman–Crippen MR) is 217 cm³/mol. The Morgan fingerprint density at radius 1 is 0.764 bits per heavy atom. The number of hydrogen-bond donors (Lipinski definition) is 5. The van der Waals surface area contributed by atoms with E-state index < -0.39 is 23.4 Å². The van der Waals surface area contributed by atoms with Crippen LogP contribution in [-0.2, 0) is 11.2 Å². The molecule has 0 amide bonds. The highest BCUT2D eigenvalue weighted by Crippen LogP contribution is 2.40. The third-order valence-corrected chi connectivity index (χ3v) is 10.8. The molecule has 4 heterocycles. The highest BCUT2D eigenvalue weighted by molar-refractivity contribution is 7.14. The van der Waals surface area contributed by atoms with Crippen LogP contribution in [0.15, 0.2) is 101 Å². The Labute approximate surface area is 322 Å². The summed E-state index contributed by atoms with van der Waals surface area (Å²) in [4.78, 5) is 33.0. The lowest BCUT2D eigenvalue weighted by atomic mass is 9.90. The number of aromatic carboxylic acids is 2. The largest absolute Gasteiger partial charge is 0.507 e. The lowest BCUT2D eigenvalue weighted by molar-refractivity contribution is 0.0682. The monoisotopic (exact) mass is 758 g/mol. The Bertz CT molecular complexity index is 2290. The minimum absolute atomic E-state index is 0.0407. The van der Waals surface area contributed by atoms with Crippen molar-refractivity contribution in [2.45, 2.75) is 19.3 Å². The van der Waals surface area contributed by atoms with Gasteiger partial charge in [0.2, 0.25) is 0 Å². The topological polar surface area (TPSA) is 155 Å². The third-order valence-electron chi connectivity index (χ3n) is 9.98. The maximum atomic E-state index is 11.6. The number of ether oxygens (including phenoxy) is 1. The molecule has 5 N–H and O–H groups in total. The number of nitrogens with zero attached hydrogens (tertiary/aromatic N) is 3. The summed E-state index contributed by atoms with van der Waals surface area (Å²) in [7, 11) is 2.18. The smallest absolute Gasteiger partial charge is 0.339 e. The van der Waals surface area contributed by atoms with Gasteiger partial charge >= 0.3 is 11.9 Å². The zero-order valence-corrected chi connectivity index (χ0v) is 31.2. The van der Waals surface area contributed by atoms with Crippen LogP contribution in [0.5, 0.6) is 11.5 Å². The number of fused-ring (bicyclic) bond motifs is 4. The van der Waals surface area contributed by atoms with E-state index in [1.807, 2.05) is 6.07 Å². The summed E-state index contributed by atoms with van der Waals surface area (Å²) in [5.41, 5.74) is 3.45. The fourth-order valence-electron chi connectivity index (χ4n) is 7.01. The molecule has 0 radical (unpaired) electrons. The molecule has 0 unspecified atom stereocenters. The van der Waals surface area contributed by atoms with Gasteiger partial charge in [-0.1, -0.05) is 60.7 Å². The van der Waals surface area contributed by atoms with E-state index in [0.29, 0.717) is 32.7 Å². The van der Waals surface area contributed by atoms with Crippen molar-refractivity contribution in [1.29, 1.82) is 0 Å². The molecular weight excluding hydrogens is 717 g/mol. The van der Waals surface area contributed by atoms with Crippen molar-refractivity contribution < 1.29 is 34.8 Å². The van der Waals surface area contributed by atoms with Crippen LogP contribution in [0.3, 0.4) is 0 Å². The zero-order chi connectivity index (χ0) is 38.5. The van der Waals surface area contributed by atoms with E-state index in [2.05, 4.69) is 51.8 Å². The van der Waals surface area contributed by atoms with Gasteiger partial charge in [-0.2, -0.15) is 0 Å².